The van der Waals surface area contributed by atoms with E-state index in [0.717, 1.165) is 46.9 Å². The molecule has 1 aromatic carbocycles. The van der Waals surface area contributed by atoms with Crippen LogP contribution in [0.1, 0.15) is 16.2 Å². The fourth-order valence-corrected chi connectivity index (χ4v) is 3.75. The minimum atomic E-state index is -0.256. The van der Waals surface area contributed by atoms with Gasteiger partial charge >= 0.3 is 0 Å². The number of amides is 1. The maximum Gasteiger partial charge on any atom is 0.257 e. The first-order chi connectivity index (χ1) is 15.6. The third kappa shape index (κ3) is 3.90. The van der Waals surface area contributed by atoms with Gasteiger partial charge in [0, 0.05) is 42.8 Å². The molecule has 4 heterocycles. The van der Waals surface area contributed by atoms with Gasteiger partial charge in [-0.1, -0.05) is 6.07 Å². The summed E-state index contributed by atoms with van der Waals surface area (Å²) in [5.74, 6) is 1.84. The number of morpholine rings is 1. The zero-order valence-electron chi connectivity index (χ0n) is 17.9. The molecule has 9 nitrogen and oxygen atoms in total. The van der Waals surface area contributed by atoms with Crippen LogP contribution in [0.15, 0.2) is 48.8 Å². The molecule has 1 aliphatic heterocycles. The molecule has 0 saturated carbocycles. The van der Waals surface area contributed by atoms with Crippen molar-refractivity contribution in [3.63, 3.8) is 0 Å². The number of fused-ring (bicyclic) bond motifs is 1. The van der Waals surface area contributed by atoms with Crippen molar-refractivity contribution < 1.29 is 9.53 Å². The molecule has 3 aromatic heterocycles. The van der Waals surface area contributed by atoms with Crippen LogP contribution in [0.3, 0.4) is 0 Å². The molecule has 0 bridgehead atoms. The van der Waals surface area contributed by atoms with Crippen molar-refractivity contribution in [3.05, 3.63) is 60.2 Å². The fraction of sp³-hybridized carbons (Fsp3) is 0.261. The summed E-state index contributed by atoms with van der Waals surface area (Å²) in [5, 5.41) is 12.2. The van der Waals surface area contributed by atoms with E-state index in [1.807, 2.05) is 49.0 Å². The van der Waals surface area contributed by atoms with Crippen LogP contribution >= 0.6 is 0 Å². The Labute approximate surface area is 185 Å². The normalized spacial score (nSPS) is 14.0. The van der Waals surface area contributed by atoms with Gasteiger partial charge in [0.05, 0.1) is 30.6 Å². The molecule has 0 spiro atoms. The number of hydrogen-bond donors (Lipinski definition) is 1. The Morgan fingerprint density at radius 1 is 1.06 bits per heavy atom. The topological polar surface area (TPSA) is 98.1 Å². The van der Waals surface area contributed by atoms with Crippen molar-refractivity contribution in [2.45, 2.75) is 6.92 Å². The van der Waals surface area contributed by atoms with E-state index in [4.69, 9.17) is 4.74 Å². The number of nitrogens with zero attached hydrogens (tertiary/aromatic N) is 6. The van der Waals surface area contributed by atoms with E-state index in [1.165, 1.54) is 0 Å². The summed E-state index contributed by atoms with van der Waals surface area (Å²) >= 11 is 0. The fourth-order valence-electron chi connectivity index (χ4n) is 3.75. The number of hydrogen-bond acceptors (Lipinski definition) is 7. The van der Waals surface area contributed by atoms with Crippen LogP contribution in [0.4, 0.5) is 11.6 Å². The van der Waals surface area contributed by atoms with Crippen molar-refractivity contribution in [2.75, 3.05) is 36.5 Å². The molecule has 9 heteroatoms. The van der Waals surface area contributed by atoms with Crippen LogP contribution in [0, 0.1) is 6.92 Å². The number of anilines is 2. The molecule has 162 valence electrons. The van der Waals surface area contributed by atoms with Gasteiger partial charge < -0.3 is 19.5 Å². The molecule has 0 atom stereocenters. The lowest BCUT2D eigenvalue weighted by molar-refractivity contribution is 0.102. The van der Waals surface area contributed by atoms with Gasteiger partial charge in [0.25, 0.3) is 5.91 Å². The van der Waals surface area contributed by atoms with E-state index in [-0.39, 0.29) is 5.91 Å². The number of imidazole rings is 1. The Morgan fingerprint density at radius 2 is 1.91 bits per heavy atom. The highest BCUT2D eigenvalue weighted by molar-refractivity contribution is 6.04. The van der Waals surface area contributed by atoms with Gasteiger partial charge in [-0.2, -0.15) is 0 Å². The minimum absolute atomic E-state index is 0.256. The quantitative estimate of drug-likeness (QED) is 0.533. The highest BCUT2D eigenvalue weighted by Gasteiger charge is 2.15. The molecule has 0 aliphatic carbocycles. The number of nitrogens with one attached hydrogen (secondary N) is 1. The second kappa shape index (κ2) is 8.35. The lowest BCUT2D eigenvalue weighted by Crippen LogP contribution is -2.36. The number of pyridine rings is 1. The smallest absolute Gasteiger partial charge is 0.257 e. The first kappa shape index (κ1) is 20.1. The average Bonchev–Trinajstić information content (AvgIpc) is 3.17. The predicted octanol–water partition coefficient (Wildman–Crippen LogP) is 2.82. The van der Waals surface area contributed by atoms with E-state index in [2.05, 4.69) is 30.4 Å². The van der Waals surface area contributed by atoms with E-state index in [1.54, 1.807) is 18.3 Å². The monoisotopic (exact) mass is 429 g/mol. The highest BCUT2D eigenvalue weighted by atomic mass is 16.5. The molecule has 4 aromatic rings. The summed E-state index contributed by atoms with van der Waals surface area (Å²) in [4.78, 5) is 23.7. The Bertz CT molecular complexity index is 1290. The standard InChI is InChI=1S/C23H23N7O2/c1-15-25-14-20(29(15)2)16-3-4-19-18(11-16)12-21(28-27-19)26-23(31)17-5-6-24-22(13-17)30-7-9-32-10-8-30/h3-6,11-14H,7-10H2,1-2H3,(H,26,28,31). The van der Waals surface area contributed by atoms with E-state index in [9.17, 15) is 4.79 Å². The zero-order valence-corrected chi connectivity index (χ0v) is 17.9. The number of ether oxygens (including phenoxy) is 1. The SMILES string of the molecule is Cc1ncc(-c2ccc3nnc(NC(=O)c4ccnc(N5CCOCC5)c4)cc3c2)n1C. The number of aromatic nitrogens is 5. The van der Waals surface area contributed by atoms with Crippen molar-refractivity contribution in [1.29, 1.82) is 0 Å². The maximum atomic E-state index is 12.9. The van der Waals surface area contributed by atoms with Crippen molar-refractivity contribution in [1.82, 2.24) is 24.7 Å². The molecule has 1 saturated heterocycles. The van der Waals surface area contributed by atoms with Gasteiger partial charge in [0.15, 0.2) is 5.82 Å². The lowest BCUT2D eigenvalue weighted by Gasteiger charge is -2.27. The summed E-state index contributed by atoms with van der Waals surface area (Å²) < 4.78 is 7.42. The summed E-state index contributed by atoms with van der Waals surface area (Å²) in [7, 11) is 1.98. The predicted molar refractivity (Wildman–Crippen MR) is 122 cm³/mol. The summed E-state index contributed by atoms with van der Waals surface area (Å²) in [5.41, 5.74) is 3.31. The van der Waals surface area contributed by atoms with Crippen molar-refractivity contribution in [3.8, 4) is 11.3 Å². The first-order valence-corrected chi connectivity index (χ1v) is 10.4. The van der Waals surface area contributed by atoms with Gasteiger partial charge in [0.1, 0.15) is 11.6 Å². The Kier molecular flexibility index (Phi) is 5.24. The van der Waals surface area contributed by atoms with Gasteiger partial charge in [-0.15, -0.1) is 10.2 Å². The van der Waals surface area contributed by atoms with E-state index < -0.39 is 0 Å². The molecule has 32 heavy (non-hydrogen) atoms. The summed E-state index contributed by atoms with van der Waals surface area (Å²) in [6.45, 7) is 4.79. The maximum absolute atomic E-state index is 12.9. The van der Waals surface area contributed by atoms with Crippen LogP contribution in [0.25, 0.3) is 22.2 Å². The van der Waals surface area contributed by atoms with Crippen molar-refractivity contribution in [2.24, 2.45) is 7.05 Å². The van der Waals surface area contributed by atoms with Gasteiger partial charge in [-0.3, -0.25) is 4.79 Å². The van der Waals surface area contributed by atoms with Crippen LogP contribution in [0.5, 0.6) is 0 Å². The highest BCUT2D eigenvalue weighted by Crippen LogP contribution is 2.25. The number of carbonyl (C=O) groups excluding carboxylic acids is 1. The molecule has 1 amide bonds. The van der Waals surface area contributed by atoms with Crippen LogP contribution in [0.2, 0.25) is 0 Å². The molecule has 1 fully saturated rings. The summed E-state index contributed by atoms with van der Waals surface area (Å²) in [6.07, 6.45) is 3.50. The van der Waals surface area contributed by atoms with Crippen LogP contribution in [-0.2, 0) is 11.8 Å². The molecular weight excluding hydrogens is 406 g/mol. The van der Waals surface area contributed by atoms with Gasteiger partial charge in [-0.25, -0.2) is 9.97 Å². The number of benzene rings is 1. The van der Waals surface area contributed by atoms with Crippen LogP contribution < -0.4 is 10.2 Å². The number of carbonyl (C=O) groups is 1. The van der Waals surface area contributed by atoms with E-state index >= 15 is 0 Å². The molecule has 0 unspecified atom stereocenters. The minimum Gasteiger partial charge on any atom is -0.378 e. The molecule has 5 rings (SSSR count). The lowest BCUT2D eigenvalue weighted by atomic mass is 10.1. The van der Waals surface area contributed by atoms with Gasteiger partial charge in [0.2, 0.25) is 0 Å². The average molecular weight is 429 g/mol. The molecular formula is C23H23N7O2. The molecule has 1 N–H and O–H groups in total. The van der Waals surface area contributed by atoms with Gasteiger partial charge in [-0.05, 0) is 37.3 Å². The second-order valence-electron chi connectivity index (χ2n) is 7.71. The zero-order chi connectivity index (χ0) is 22.1. The third-order valence-electron chi connectivity index (χ3n) is 5.69. The van der Waals surface area contributed by atoms with Crippen LogP contribution in [-0.4, -0.2) is 56.9 Å². The Morgan fingerprint density at radius 3 is 2.69 bits per heavy atom. The summed E-state index contributed by atoms with van der Waals surface area (Å²) in [6, 6.07) is 11.3. The van der Waals surface area contributed by atoms with Crippen molar-refractivity contribution >= 4 is 28.4 Å². The largest absolute Gasteiger partial charge is 0.378 e. The third-order valence-corrected chi connectivity index (χ3v) is 5.69. The number of aryl methyl sites for hydroxylation is 1. The first-order valence-electron chi connectivity index (χ1n) is 10.4. The second-order valence-corrected chi connectivity index (χ2v) is 7.71. The molecule has 0 radical (unpaired) electrons. The Balaban J connectivity index is 1.39. The molecule has 1 aliphatic rings. The number of rotatable bonds is 4. The van der Waals surface area contributed by atoms with E-state index in [0.29, 0.717) is 24.6 Å². The Hall–Kier alpha value is -3.85.